The zero-order valence-corrected chi connectivity index (χ0v) is 8.17. The molecule has 0 unspecified atom stereocenters. The molecule has 0 radical (unpaired) electrons. The molecule has 0 N–H and O–H groups in total. The average molecular weight is 156 g/mol. The topological polar surface area (TPSA) is 6.48 Å². The fraction of sp³-hybridized carbons (Fsp3) is 1.00. The highest BCUT2D eigenvalue weighted by Crippen LogP contribution is 2.17. The van der Waals surface area contributed by atoms with E-state index in [0.29, 0.717) is 0 Å². The van der Waals surface area contributed by atoms with E-state index < -0.39 is 0 Å². The standard InChI is InChI=1S/C9H20N2/c1-8(2)9-5-10(3)7-11(4)6-9/h8-9H,5-7H2,1-4H3. The van der Waals surface area contributed by atoms with Gasteiger partial charge in [0.25, 0.3) is 0 Å². The van der Waals surface area contributed by atoms with Gasteiger partial charge in [-0.15, -0.1) is 0 Å². The number of hydrogen-bond donors (Lipinski definition) is 0. The van der Waals surface area contributed by atoms with Gasteiger partial charge in [-0.2, -0.15) is 0 Å². The fourth-order valence-electron chi connectivity index (χ4n) is 1.81. The molecular formula is C9H20N2. The van der Waals surface area contributed by atoms with Crippen molar-refractivity contribution in [2.75, 3.05) is 33.9 Å². The van der Waals surface area contributed by atoms with Gasteiger partial charge in [0.15, 0.2) is 0 Å². The zero-order valence-electron chi connectivity index (χ0n) is 8.17. The second-order valence-electron chi connectivity index (χ2n) is 4.22. The third-order valence-electron chi connectivity index (χ3n) is 2.52. The molecule has 66 valence electrons. The van der Waals surface area contributed by atoms with Crippen molar-refractivity contribution in [2.45, 2.75) is 13.8 Å². The smallest absolute Gasteiger partial charge is 0.0500 e. The zero-order chi connectivity index (χ0) is 8.43. The summed E-state index contributed by atoms with van der Waals surface area (Å²) >= 11 is 0. The van der Waals surface area contributed by atoms with Gasteiger partial charge in [0.2, 0.25) is 0 Å². The molecule has 1 aliphatic heterocycles. The first-order chi connectivity index (χ1) is 5.09. The minimum Gasteiger partial charge on any atom is -0.293 e. The number of hydrogen-bond acceptors (Lipinski definition) is 2. The minimum atomic E-state index is 0.820. The molecule has 1 fully saturated rings. The molecule has 0 aromatic heterocycles. The van der Waals surface area contributed by atoms with E-state index in [0.717, 1.165) is 18.5 Å². The molecule has 1 saturated heterocycles. The van der Waals surface area contributed by atoms with E-state index >= 15 is 0 Å². The van der Waals surface area contributed by atoms with E-state index in [-0.39, 0.29) is 0 Å². The number of nitrogens with zero attached hydrogens (tertiary/aromatic N) is 2. The van der Waals surface area contributed by atoms with Crippen molar-refractivity contribution in [3.05, 3.63) is 0 Å². The monoisotopic (exact) mass is 156 g/mol. The van der Waals surface area contributed by atoms with Gasteiger partial charge in [-0.25, -0.2) is 0 Å². The van der Waals surface area contributed by atoms with Gasteiger partial charge in [0, 0.05) is 13.1 Å². The maximum Gasteiger partial charge on any atom is 0.0500 e. The largest absolute Gasteiger partial charge is 0.293 e. The summed E-state index contributed by atoms with van der Waals surface area (Å²) in [5.74, 6) is 1.68. The molecule has 2 heteroatoms. The highest BCUT2D eigenvalue weighted by Gasteiger charge is 2.22. The highest BCUT2D eigenvalue weighted by atomic mass is 15.3. The van der Waals surface area contributed by atoms with E-state index in [1.54, 1.807) is 0 Å². The van der Waals surface area contributed by atoms with E-state index in [9.17, 15) is 0 Å². The third kappa shape index (κ3) is 2.46. The Bertz CT molecular complexity index is 113. The second-order valence-corrected chi connectivity index (χ2v) is 4.22. The Morgan fingerprint density at radius 2 is 1.55 bits per heavy atom. The van der Waals surface area contributed by atoms with Crippen molar-refractivity contribution in [1.29, 1.82) is 0 Å². The molecule has 0 spiro atoms. The lowest BCUT2D eigenvalue weighted by atomic mass is 9.94. The Kier molecular flexibility index (Phi) is 2.90. The minimum absolute atomic E-state index is 0.820. The van der Waals surface area contributed by atoms with Crippen LogP contribution >= 0.6 is 0 Å². The van der Waals surface area contributed by atoms with E-state index in [4.69, 9.17) is 0 Å². The Balaban J connectivity index is 2.43. The molecule has 11 heavy (non-hydrogen) atoms. The van der Waals surface area contributed by atoms with Crippen molar-refractivity contribution in [1.82, 2.24) is 9.80 Å². The summed E-state index contributed by atoms with van der Waals surface area (Å²) in [6, 6.07) is 0. The molecule has 0 aromatic rings. The van der Waals surface area contributed by atoms with Crippen LogP contribution in [0.2, 0.25) is 0 Å². The Hall–Kier alpha value is -0.0800. The molecule has 1 heterocycles. The summed E-state index contributed by atoms with van der Waals surface area (Å²) < 4.78 is 0. The third-order valence-corrected chi connectivity index (χ3v) is 2.52. The average Bonchev–Trinajstić information content (AvgIpc) is 1.85. The number of rotatable bonds is 1. The molecule has 2 nitrogen and oxygen atoms in total. The van der Waals surface area contributed by atoms with Gasteiger partial charge in [0.05, 0.1) is 6.67 Å². The van der Waals surface area contributed by atoms with Crippen LogP contribution in [0, 0.1) is 11.8 Å². The van der Waals surface area contributed by atoms with Gasteiger partial charge < -0.3 is 0 Å². The molecule has 0 aliphatic carbocycles. The molecule has 0 atom stereocenters. The van der Waals surface area contributed by atoms with E-state index in [1.165, 1.54) is 13.1 Å². The quantitative estimate of drug-likeness (QED) is 0.561. The summed E-state index contributed by atoms with van der Waals surface area (Å²) in [5.41, 5.74) is 0. The van der Waals surface area contributed by atoms with Crippen LogP contribution in [0.1, 0.15) is 13.8 Å². The normalized spacial score (nSPS) is 24.8. The molecule has 1 rings (SSSR count). The van der Waals surface area contributed by atoms with Crippen LogP contribution in [-0.4, -0.2) is 43.7 Å². The van der Waals surface area contributed by atoms with Gasteiger partial charge in [-0.3, -0.25) is 9.80 Å². The maximum atomic E-state index is 2.40. The first-order valence-corrected chi connectivity index (χ1v) is 4.46. The van der Waals surface area contributed by atoms with Crippen LogP contribution in [0.5, 0.6) is 0 Å². The van der Waals surface area contributed by atoms with E-state index in [1.807, 2.05) is 0 Å². The molecule has 0 aromatic carbocycles. The van der Waals surface area contributed by atoms with Crippen LogP contribution < -0.4 is 0 Å². The predicted molar refractivity (Wildman–Crippen MR) is 48.5 cm³/mol. The van der Waals surface area contributed by atoms with Crippen molar-refractivity contribution in [3.8, 4) is 0 Å². The summed E-state index contributed by atoms with van der Waals surface area (Å²) in [6.07, 6.45) is 0. The first-order valence-electron chi connectivity index (χ1n) is 4.46. The van der Waals surface area contributed by atoms with Crippen LogP contribution in [-0.2, 0) is 0 Å². The van der Waals surface area contributed by atoms with Gasteiger partial charge in [0.1, 0.15) is 0 Å². The second kappa shape index (κ2) is 3.55. The molecule has 0 saturated carbocycles. The lowest BCUT2D eigenvalue weighted by molar-refractivity contribution is 0.0675. The molecule has 1 aliphatic rings. The summed E-state index contributed by atoms with van der Waals surface area (Å²) in [7, 11) is 4.40. The lowest BCUT2D eigenvalue weighted by Crippen LogP contribution is -2.47. The summed E-state index contributed by atoms with van der Waals surface area (Å²) in [6.45, 7) is 8.29. The first kappa shape index (κ1) is 9.01. The van der Waals surface area contributed by atoms with Crippen molar-refractivity contribution in [3.63, 3.8) is 0 Å². The maximum absolute atomic E-state index is 2.40. The SMILES string of the molecule is CC(C)C1CN(C)CN(C)C1. The lowest BCUT2D eigenvalue weighted by Gasteiger charge is -2.38. The van der Waals surface area contributed by atoms with Crippen LogP contribution in [0.25, 0.3) is 0 Å². The summed E-state index contributed by atoms with van der Waals surface area (Å²) in [5, 5.41) is 0. The van der Waals surface area contributed by atoms with Crippen molar-refractivity contribution < 1.29 is 0 Å². The Labute approximate surface area is 70.2 Å². The molecular weight excluding hydrogens is 136 g/mol. The van der Waals surface area contributed by atoms with Gasteiger partial charge >= 0.3 is 0 Å². The fourth-order valence-corrected chi connectivity index (χ4v) is 1.81. The summed E-state index contributed by atoms with van der Waals surface area (Å²) in [4.78, 5) is 4.79. The Morgan fingerprint density at radius 1 is 1.09 bits per heavy atom. The van der Waals surface area contributed by atoms with Crippen LogP contribution in [0.15, 0.2) is 0 Å². The predicted octanol–water partition coefficient (Wildman–Crippen LogP) is 1.09. The van der Waals surface area contributed by atoms with Crippen LogP contribution in [0.3, 0.4) is 0 Å². The van der Waals surface area contributed by atoms with Gasteiger partial charge in [-0.1, -0.05) is 13.8 Å². The van der Waals surface area contributed by atoms with Crippen LogP contribution in [0.4, 0.5) is 0 Å². The molecule has 0 bridgehead atoms. The highest BCUT2D eigenvalue weighted by molar-refractivity contribution is 4.74. The van der Waals surface area contributed by atoms with Crippen molar-refractivity contribution >= 4 is 0 Å². The Morgan fingerprint density at radius 3 is 1.91 bits per heavy atom. The molecule has 0 amide bonds. The van der Waals surface area contributed by atoms with Gasteiger partial charge in [-0.05, 0) is 25.9 Å². The van der Waals surface area contributed by atoms with Crippen molar-refractivity contribution in [2.24, 2.45) is 11.8 Å². The van der Waals surface area contributed by atoms with E-state index in [2.05, 4.69) is 37.7 Å².